The number of benzene rings is 1. The standard InChI is InChI=1S/C21H25ClN5O9P/c1-2-34-19(30)20(37(31,32)33)35-9-12-14(28)15(29)18(36-12)27-10-24-13-16(25-21(22)26-17(13)27)23-8-11-6-4-3-5-7-11/h3-7,10,12,14-15,18,20,28-29H,2,8-9H2,1H3,(H,23,25,26)(H2,31,32,33)/t12-,14-,15-,18-,20-/m1/s1. The lowest BCUT2D eigenvalue weighted by atomic mass is 10.1. The Morgan fingerprint density at radius 3 is 2.65 bits per heavy atom. The Morgan fingerprint density at radius 1 is 1.24 bits per heavy atom. The van der Waals surface area contributed by atoms with Crippen LogP contribution in [0.1, 0.15) is 18.7 Å². The van der Waals surface area contributed by atoms with E-state index in [-0.39, 0.29) is 17.5 Å². The van der Waals surface area contributed by atoms with Gasteiger partial charge in [0.25, 0.3) is 5.85 Å². The molecule has 200 valence electrons. The van der Waals surface area contributed by atoms with Gasteiger partial charge in [0.1, 0.15) is 18.3 Å². The molecule has 1 aliphatic heterocycles. The highest BCUT2D eigenvalue weighted by molar-refractivity contribution is 7.53. The van der Waals surface area contributed by atoms with E-state index in [1.807, 2.05) is 30.3 Å². The zero-order chi connectivity index (χ0) is 26.7. The number of rotatable bonds is 10. The summed E-state index contributed by atoms with van der Waals surface area (Å²) < 4.78 is 28.4. The lowest BCUT2D eigenvalue weighted by molar-refractivity contribution is -0.155. The molecule has 0 unspecified atom stereocenters. The van der Waals surface area contributed by atoms with Gasteiger partial charge in [0, 0.05) is 6.54 Å². The van der Waals surface area contributed by atoms with E-state index in [1.165, 1.54) is 17.8 Å². The Morgan fingerprint density at radius 2 is 1.97 bits per heavy atom. The highest BCUT2D eigenvalue weighted by Crippen LogP contribution is 2.43. The smallest absolute Gasteiger partial charge is 0.365 e. The van der Waals surface area contributed by atoms with Crippen molar-refractivity contribution in [2.45, 2.75) is 43.9 Å². The van der Waals surface area contributed by atoms with Crippen molar-refractivity contribution < 1.29 is 43.6 Å². The van der Waals surface area contributed by atoms with E-state index in [1.54, 1.807) is 0 Å². The lowest BCUT2D eigenvalue weighted by Crippen LogP contribution is -2.36. The molecule has 1 aromatic carbocycles. The van der Waals surface area contributed by atoms with Crippen molar-refractivity contribution in [1.82, 2.24) is 19.5 Å². The van der Waals surface area contributed by atoms with Gasteiger partial charge in [0.2, 0.25) is 5.28 Å². The van der Waals surface area contributed by atoms with Crippen molar-refractivity contribution >= 4 is 42.1 Å². The van der Waals surface area contributed by atoms with Crippen molar-refractivity contribution in [3.63, 3.8) is 0 Å². The second-order valence-corrected chi connectivity index (χ2v) is 10.1. The molecule has 3 heterocycles. The van der Waals surface area contributed by atoms with Crippen molar-refractivity contribution in [3.8, 4) is 0 Å². The number of aliphatic hydroxyl groups excluding tert-OH is 2. The second-order valence-electron chi connectivity index (χ2n) is 8.08. The fraction of sp³-hybridized carbons (Fsp3) is 0.429. The van der Waals surface area contributed by atoms with Crippen molar-refractivity contribution in [2.75, 3.05) is 18.5 Å². The van der Waals surface area contributed by atoms with Gasteiger partial charge in [0.15, 0.2) is 23.2 Å². The van der Waals surface area contributed by atoms with Crippen LogP contribution in [0.4, 0.5) is 5.82 Å². The molecule has 0 saturated carbocycles. The number of imidazole rings is 1. The summed E-state index contributed by atoms with van der Waals surface area (Å²) in [5.41, 5.74) is 1.52. The summed E-state index contributed by atoms with van der Waals surface area (Å²) in [4.78, 5) is 43.5. The van der Waals surface area contributed by atoms with E-state index in [9.17, 15) is 29.4 Å². The number of nitrogens with zero attached hydrogens (tertiary/aromatic N) is 4. The third-order valence-electron chi connectivity index (χ3n) is 5.52. The first kappa shape index (κ1) is 27.4. The number of carbonyl (C=O) groups is 1. The molecule has 16 heteroatoms. The summed E-state index contributed by atoms with van der Waals surface area (Å²) >= 11 is 6.12. The summed E-state index contributed by atoms with van der Waals surface area (Å²) in [6, 6.07) is 9.54. The van der Waals surface area contributed by atoms with Crippen LogP contribution in [-0.2, 0) is 30.1 Å². The fourth-order valence-electron chi connectivity index (χ4n) is 3.78. The quantitative estimate of drug-likeness (QED) is 0.133. The van der Waals surface area contributed by atoms with Crippen LogP contribution in [0.3, 0.4) is 0 Å². The first-order chi connectivity index (χ1) is 17.6. The monoisotopic (exact) mass is 557 g/mol. The maximum atomic E-state index is 11.9. The van der Waals surface area contributed by atoms with E-state index < -0.39 is 50.6 Å². The first-order valence-corrected chi connectivity index (χ1v) is 13.2. The second kappa shape index (κ2) is 11.4. The molecule has 0 spiro atoms. The molecule has 37 heavy (non-hydrogen) atoms. The van der Waals surface area contributed by atoms with Gasteiger partial charge >= 0.3 is 13.6 Å². The Bertz CT molecular complexity index is 1290. The molecule has 0 aliphatic carbocycles. The molecule has 5 N–H and O–H groups in total. The van der Waals surface area contributed by atoms with E-state index in [4.69, 9.17) is 21.1 Å². The number of ether oxygens (including phenoxy) is 3. The molecule has 4 rings (SSSR count). The van der Waals surface area contributed by atoms with Crippen LogP contribution < -0.4 is 5.32 Å². The highest BCUT2D eigenvalue weighted by atomic mass is 35.5. The van der Waals surface area contributed by atoms with Crippen LogP contribution in [0.15, 0.2) is 36.7 Å². The number of hydrogen-bond donors (Lipinski definition) is 5. The maximum absolute atomic E-state index is 11.9. The number of anilines is 1. The van der Waals surface area contributed by atoms with Gasteiger partial charge in [-0.2, -0.15) is 9.97 Å². The first-order valence-electron chi connectivity index (χ1n) is 11.1. The normalized spacial score (nSPS) is 22.8. The summed E-state index contributed by atoms with van der Waals surface area (Å²) in [6.45, 7) is 1.14. The number of aromatic nitrogens is 4. The summed E-state index contributed by atoms with van der Waals surface area (Å²) in [6.07, 6.45) is -4.18. The van der Waals surface area contributed by atoms with Crippen LogP contribution >= 0.6 is 19.2 Å². The molecule has 1 saturated heterocycles. The van der Waals surface area contributed by atoms with Crippen LogP contribution in [-0.4, -0.2) is 82.9 Å². The van der Waals surface area contributed by atoms with E-state index in [0.717, 1.165) is 5.56 Å². The topological polar surface area (TPSA) is 198 Å². The zero-order valence-corrected chi connectivity index (χ0v) is 21.1. The van der Waals surface area contributed by atoms with Gasteiger partial charge in [-0.05, 0) is 24.1 Å². The largest absolute Gasteiger partial charge is 0.464 e. The zero-order valence-electron chi connectivity index (χ0n) is 19.4. The third kappa shape index (κ3) is 6.08. The minimum Gasteiger partial charge on any atom is -0.464 e. The van der Waals surface area contributed by atoms with Crippen molar-refractivity contribution in [1.29, 1.82) is 0 Å². The molecule has 1 fully saturated rings. The van der Waals surface area contributed by atoms with E-state index >= 15 is 0 Å². The molecule has 0 radical (unpaired) electrons. The maximum Gasteiger partial charge on any atom is 0.365 e. The van der Waals surface area contributed by atoms with E-state index in [2.05, 4.69) is 25.0 Å². The van der Waals surface area contributed by atoms with Crippen molar-refractivity contribution in [2.24, 2.45) is 0 Å². The summed E-state index contributed by atoms with van der Waals surface area (Å²) in [5.74, 6) is -3.13. The molecule has 1 aliphatic rings. The Kier molecular flexibility index (Phi) is 8.41. The van der Waals surface area contributed by atoms with E-state index in [0.29, 0.717) is 17.9 Å². The molecular weight excluding hydrogens is 533 g/mol. The van der Waals surface area contributed by atoms with Crippen molar-refractivity contribution in [3.05, 3.63) is 47.5 Å². The summed E-state index contributed by atoms with van der Waals surface area (Å²) in [5, 5.41) is 24.2. The van der Waals surface area contributed by atoms with Gasteiger partial charge in [-0.25, -0.2) is 9.78 Å². The van der Waals surface area contributed by atoms with Crippen LogP contribution in [0.5, 0.6) is 0 Å². The molecule has 3 aromatic rings. The average molecular weight is 558 g/mol. The summed E-state index contributed by atoms with van der Waals surface area (Å²) in [7, 11) is -5.04. The minimum atomic E-state index is -5.04. The fourth-order valence-corrected chi connectivity index (χ4v) is 4.57. The van der Waals surface area contributed by atoms with Gasteiger partial charge in [-0.15, -0.1) is 0 Å². The van der Waals surface area contributed by atoms with Crippen LogP contribution in [0, 0.1) is 0 Å². The SMILES string of the molecule is CCOC(=O)[C@H](OC[C@H]1O[C@@H](n2cnc3c(NCc4ccccc4)nc(Cl)nc32)[C@H](O)[C@@H]1O)P(=O)(O)O. The molecule has 2 aromatic heterocycles. The molecule has 5 atom stereocenters. The number of esters is 1. The predicted octanol–water partition coefficient (Wildman–Crippen LogP) is 0.794. The number of aliphatic hydroxyl groups is 2. The molecule has 0 amide bonds. The number of halogens is 1. The Balaban J connectivity index is 1.52. The number of nitrogens with one attached hydrogen (secondary N) is 1. The van der Waals surface area contributed by atoms with Gasteiger partial charge < -0.3 is 39.5 Å². The predicted molar refractivity (Wildman–Crippen MR) is 128 cm³/mol. The number of hydrogen-bond acceptors (Lipinski definition) is 11. The van der Waals surface area contributed by atoms with Crippen LogP contribution in [0.25, 0.3) is 11.2 Å². The number of carbonyl (C=O) groups excluding carboxylic acids is 1. The van der Waals surface area contributed by atoms with Gasteiger partial charge in [-0.1, -0.05) is 30.3 Å². The lowest BCUT2D eigenvalue weighted by Gasteiger charge is -2.20. The minimum absolute atomic E-state index is 0.100. The van der Waals surface area contributed by atoms with Gasteiger partial charge in [-0.3, -0.25) is 9.13 Å². The highest BCUT2D eigenvalue weighted by Gasteiger charge is 2.46. The third-order valence-corrected chi connectivity index (χ3v) is 6.66. The molecule has 0 bridgehead atoms. The Labute approximate surface area is 215 Å². The Hall–Kier alpha value is -2.68. The van der Waals surface area contributed by atoms with Crippen LogP contribution in [0.2, 0.25) is 5.28 Å². The average Bonchev–Trinajstić information content (AvgIpc) is 3.38. The molecular formula is C21H25ClN5O9P. The molecule has 14 nitrogen and oxygen atoms in total. The van der Waals surface area contributed by atoms with Gasteiger partial charge in [0.05, 0.1) is 19.5 Å². The number of fused-ring (bicyclic) bond motifs is 1.